The third kappa shape index (κ3) is 4.09. The molecule has 5 rings (SSSR count). The summed E-state index contributed by atoms with van der Waals surface area (Å²) in [7, 11) is 0. The molecule has 0 radical (unpaired) electrons. The van der Waals surface area contributed by atoms with E-state index in [1.54, 1.807) is 12.1 Å². The van der Waals surface area contributed by atoms with Crippen LogP contribution in [-0.2, 0) is 19.3 Å². The van der Waals surface area contributed by atoms with Crippen LogP contribution in [0, 0.1) is 5.82 Å². The van der Waals surface area contributed by atoms with Gasteiger partial charge in [0.25, 0.3) is 5.91 Å². The molecule has 0 unspecified atom stereocenters. The molecule has 1 saturated heterocycles. The van der Waals surface area contributed by atoms with Gasteiger partial charge in [-0.2, -0.15) is 10.2 Å². The van der Waals surface area contributed by atoms with Crippen LogP contribution < -0.4 is 0 Å². The van der Waals surface area contributed by atoms with E-state index in [4.69, 9.17) is 0 Å². The van der Waals surface area contributed by atoms with E-state index in [0.717, 1.165) is 55.6 Å². The van der Waals surface area contributed by atoms with Crippen molar-refractivity contribution in [2.75, 3.05) is 13.1 Å². The van der Waals surface area contributed by atoms with Crippen LogP contribution in [-0.4, -0.2) is 34.1 Å². The van der Waals surface area contributed by atoms with E-state index in [-0.39, 0.29) is 11.7 Å². The van der Waals surface area contributed by atoms with Gasteiger partial charge in [0, 0.05) is 30.6 Å². The second-order valence-electron chi connectivity index (χ2n) is 8.57. The van der Waals surface area contributed by atoms with Crippen molar-refractivity contribution in [3.63, 3.8) is 0 Å². The number of hydrogen-bond acceptors (Lipinski definition) is 3. The number of fused-ring (bicyclic) bond motifs is 1. The summed E-state index contributed by atoms with van der Waals surface area (Å²) in [6.07, 6.45) is 9.16. The molecule has 1 aliphatic carbocycles. The van der Waals surface area contributed by atoms with E-state index in [2.05, 4.69) is 10.2 Å². The van der Waals surface area contributed by atoms with Crippen LogP contribution in [0.1, 0.15) is 58.4 Å². The molecule has 5 heteroatoms. The van der Waals surface area contributed by atoms with Crippen LogP contribution in [0.3, 0.4) is 0 Å². The van der Waals surface area contributed by atoms with Crippen molar-refractivity contribution in [2.24, 2.45) is 0 Å². The lowest BCUT2D eigenvalue weighted by Crippen LogP contribution is -2.27. The van der Waals surface area contributed by atoms with Gasteiger partial charge in [0.1, 0.15) is 5.82 Å². The lowest BCUT2D eigenvalue weighted by atomic mass is 9.90. The van der Waals surface area contributed by atoms with E-state index >= 15 is 0 Å². The van der Waals surface area contributed by atoms with E-state index in [1.165, 1.54) is 30.0 Å². The van der Waals surface area contributed by atoms with Gasteiger partial charge in [0.2, 0.25) is 0 Å². The Balaban J connectivity index is 1.40. The number of likely N-dealkylation sites (tertiary alicyclic amines) is 1. The third-order valence-electron chi connectivity index (χ3n) is 6.49. The fourth-order valence-electron chi connectivity index (χ4n) is 4.76. The second-order valence-corrected chi connectivity index (χ2v) is 8.57. The number of aryl methyl sites for hydroxylation is 1. The summed E-state index contributed by atoms with van der Waals surface area (Å²) in [5.74, 6) is -0.200. The highest BCUT2D eigenvalue weighted by Gasteiger charge is 2.20. The van der Waals surface area contributed by atoms with E-state index < -0.39 is 0 Å². The summed E-state index contributed by atoms with van der Waals surface area (Å²) in [6, 6.07) is 12.6. The Bertz CT molecular complexity index is 1100. The van der Waals surface area contributed by atoms with Crippen LogP contribution in [0.5, 0.6) is 0 Å². The maximum Gasteiger partial charge on any atom is 0.253 e. The first-order chi connectivity index (χ1) is 15.2. The van der Waals surface area contributed by atoms with Crippen molar-refractivity contribution in [3.8, 4) is 11.1 Å². The van der Waals surface area contributed by atoms with Crippen LogP contribution in [0.2, 0.25) is 0 Å². The Morgan fingerprint density at radius 3 is 2.55 bits per heavy atom. The molecule has 2 aliphatic rings. The largest absolute Gasteiger partial charge is 0.339 e. The summed E-state index contributed by atoms with van der Waals surface area (Å²) in [4.78, 5) is 14.5. The van der Waals surface area contributed by atoms with Gasteiger partial charge in [0.15, 0.2) is 0 Å². The zero-order valence-corrected chi connectivity index (χ0v) is 17.6. The number of halogens is 1. The molecule has 158 valence electrons. The number of nitrogens with zero attached hydrogens (tertiary/aromatic N) is 3. The van der Waals surface area contributed by atoms with Crippen molar-refractivity contribution in [2.45, 2.75) is 44.9 Å². The summed E-state index contributed by atoms with van der Waals surface area (Å²) in [5, 5.41) is 8.59. The fraction of sp³-hybridized carbons (Fsp3) is 0.346. The van der Waals surface area contributed by atoms with Crippen LogP contribution >= 0.6 is 0 Å². The van der Waals surface area contributed by atoms with Crippen molar-refractivity contribution in [1.82, 2.24) is 15.1 Å². The topological polar surface area (TPSA) is 46.1 Å². The molecule has 1 amide bonds. The van der Waals surface area contributed by atoms with Crippen molar-refractivity contribution < 1.29 is 9.18 Å². The van der Waals surface area contributed by atoms with Crippen LogP contribution in [0.4, 0.5) is 4.39 Å². The Kier molecular flexibility index (Phi) is 5.49. The number of amides is 1. The number of benzene rings is 2. The van der Waals surface area contributed by atoms with Gasteiger partial charge in [-0.1, -0.05) is 18.2 Å². The quantitative estimate of drug-likeness (QED) is 0.603. The van der Waals surface area contributed by atoms with Gasteiger partial charge < -0.3 is 4.90 Å². The molecule has 0 atom stereocenters. The summed E-state index contributed by atoms with van der Waals surface area (Å²) in [6.45, 7) is 1.65. The molecule has 31 heavy (non-hydrogen) atoms. The molecule has 4 nitrogen and oxygen atoms in total. The van der Waals surface area contributed by atoms with Crippen molar-refractivity contribution in [3.05, 3.63) is 82.4 Å². The van der Waals surface area contributed by atoms with Gasteiger partial charge in [-0.3, -0.25) is 4.79 Å². The lowest BCUT2D eigenvalue weighted by molar-refractivity contribution is 0.0793. The van der Waals surface area contributed by atoms with E-state index in [1.807, 2.05) is 35.4 Å². The minimum absolute atomic E-state index is 0.0608. The second kappa shape index (κ2) is 8.58. The molecule has 0 N–H and O–H groups in total. The van der Waals surface area contributed by atoms with Gasteiger partial charge in [-0.25, -0.2) is 4.39 Å². The molecule has 1 aliphatic heterocycles. The standard InChI is InChI=1S/C26H26FN3O/c27-24-12-7-18(16-25-22-6-2-1-5-21(22)17-28-29-25)15-23(24)19-8-10-20(11-9-19)26(31)30-13-3-4-14-30/h7-12,15,17H,1-6,13-14,16H2. The average Bonchev–Trinajstić information content (AvgIpc) is 3.35. The number of rotatable bonds is 4. The van der Waals surface area contributed by atoms with Gasteiger partial charge in [-0.15, -0.1) is 0 Å². The highest BCUT2D eigenvalue weighted by molar-refractivity contribution is 5.94. The Morgan fingerprint density at radius 1 is 0.968 bits per heavy atom. The maximum absolute atomic E-state index is 14.7. The lowest BCUT2D eigenvalue weighted by Gasteiger charge is -2.18. The number of carbonyl (C=O) groups is 1. The molecule has 0 saturated carbocycles. The first-order valence-electron chi connectivity index (χ1n) is 11.2. The van der Waals surface area contributed by atoms with Gasteiger partial charge in [-0.05, 0) is 85.0 Å². The zero-order valence-electron chi connectivity index (χ0n) is 17.6. The van der Waals surface area contributed by atoms with Gasteiger partial charge in [0.05, 0.1) is 11.9 Å². The molecule has 3 aromatic rings. The third-order valence-corrected chi connectivity index (χ3v) is 6.49. The van der Waals surface area contributed by atoms with Crippen LogP contribution in [0.25, 0.3) is 11.1 Å². The molecular weight excluding hydrogens is 389 g/mol. The molecule has 0 spiro atoms. The SMILES string of the molecule is O=C(c1ccc(-c2cc(Cc3nncc4c3CCCC4)ccc2F)cc1)N1CCCC1. The average molecular weight is 416 g/mol. The monoisotopic (exact) mass is 415 g/mol. The van der Waals surface area contributed by atoms with E-state index in [9.17, 15) is 9.18 Å². The molecule has 0 bridgehead atoms. The van der Waals surface area contributed by atoms with Crippen molar-refractivity contribution >= 4 is 5.91 Å². The maximum atomic E-state index is 14.7. The van der Waals surface area contributed by atoms with E-state index in [0.29, 0.717) is 17.5 Å². The summed E-state index contributed by atoms with van der Waals surface area (Å²) in [5.41, 5.74) is 6.62. The highest BCUT2D eigenvalue weighted by Crippen LogP contribution is 2.28. The molecule has 2 heterocycles. The minimum atomic E-state index is -0.261. The number of hydrogen-bond donors (Lipinski definition) is 0. The normalized spacial score (nSPS) is 15.7. The Morgan fingerprint density at radius 2 is 1.74 bits per heavy atom. The summed E-state index contributed by atoms with van der Waals surface area (Å²) >= 11 is 0. The minimum Gasteiger partial charge on any atom is -0.339 e. The molecular formula is C26H26FN3O. The first kappa shape index (κ1) is 19.9. The molecule has 2 aromatic carbocycles. The smallest absolute Gasteiger partial charge is 0.253 e. The highest BCUT2D eigenvalue weighted by atomic mass is 19.1. The number of aromatic nitrogens is 2. The number of carbonyl (C=O) groups excluding carboxylic acids is 1. The van der Waals surface area contributed by atoms with Crippen LogP contribution in [0.15, 0.2) is 48.7 Å². The van der Waals surface area contributed by atoms with Gasteiger partial charge >= 0.3 is 0 Å². The predicted octanol–water partition coefficient (Wildman–Crippen LogP) is 4.99. The Hall–Kier alpha value is -3.08. The van der Waals surface area contributed by atoms with Crippen molar-refractivity contribution in [1.29, 1.82) is 0 Å². The zero-order chi connectivity index (χ0) is 21.2. The predicted molar refractivity (Wildman–Crippen MR) is 118 cm³/mol. The Labute approximate surface area is 182 Å². The molecule has 1 aromatic heterocycles. The summed E-state index contributed by atoms with van der Waals surface area (Å²) < 4.78 is 14.7. The first-order valence-corrected chi connectivity index (χ1v) is 11.2. The molecule has 1 fully saturated rings. The fourth-order valence-corrected chi connectivity index (χ4v) is 4.76.